The van der Waals surface area contributed by atoms with E-state index in [4.69, 9.17) is 4.55 Å². The van der Waals surface area contributed by atoms with Crippen LogP contribution in [-0.2, 0) is 25.1 Å². The predicted molar refractivity (Wildman–Crippen MR) is 42.2 cm³/mol. The summed E-state index contributed by atoms with van der Waals surface area (Å²) in [7, 11) is 0. The smallest absolute Gasteiger partial charge is 0.332 e. The molecule has 0 spiro atoms. The summed E-state index contributed by atoms with van der Waals surface area (Å²) in [5, 5.41) is 0. The van der Waals surface area contributed by atoms with Gasteiger partial charge in [-0.05, 0) is 0 Å². The van der Waals surface area contributed by atoms with Gasteiger partial charge in [0.25, 0.3) is 0 Å². The Morgan fingerprint density at radius 1 is 1.83 bits per heavy atom. The number of hydrogen-bond acceptors (Lipinski definition) is 4. The molecule has 0 aliphatic rings. The van der Waals surface area contributed by atoms with Crippen LogP contribution in [0.15, 0.2) is 12.7 Å². The van der Waals surface area contributed by atoms with Crippen molar-refractivity contribution in [3.05, 3.63) is 12.7 Å². The largest absolute Gasteiger partial charge is 0.431 e. The molecule has 6 heteroatoms. The number of carbonyl (C=O) groups excluding carboxylic acids is 1. The van der Waals surface area contributed by atoms with Crippen molar-refractivity contribution in [2.75, 3.05) is 0 Å². The third-order valence-corrected chi connectivity index (χ3v) is 1.32. The summed E-state index contributed by atoms with van der Waals surface area (Å²) < 4.78 is 27.2. The molecule has 0 saturated carbocycles. The molecule has 2 unspecified atom stereocenters. The Morgan fingerprint density at radius 2 is 2.42 bits per heavy atom. The maximum absolute atomic E-state index is 10.6. The first-order valence-corrected chi connectivity index (χ1v) is 4.24. The third kappa shape index (κ3) is 5.00. The first-order valence-electron chi connectivity index (χ1n) is 3.21. The zero-order chi connectivity index (χ0) is 9.56. The molecule has 0 aromatic rings. The summed E-state index contributed by atoms with van der Waals surface area (Å²) in [4.78, 5) is 10.6. The molecule has 0 fully saturated rings. The molecule has 5 nitrogen and oxygen atoms in total. The van der Waals surface area contributed by atoms with Gasteiger partial charge in [0.2, 0.25) is 6.29 Å². The van der Waals surface area contributed by atoms with Crippen molar-refractivity contribution in [1.29, 1.82) is 0 Å². The Balaban J connectivity index is 3.90. The molecule has 0 heterocycles. The van der Waals surface area contributed by atoms with Crippen LogP contribution in [0.1, 0.15) is 13.3 Å². The predicted octanol–water partition coefficient (Wildman–Crippen LogP) is 0.605. The first-order chi connectivity index (χ1) is 5.60. The topological polar surface area (TPSA) is 72.8 Å². The van der Waals surface area contributed by atoms with Gasteiger partial charge >= 0.3 is 17.3 Å². The van der Waals surface area contributed by atoms with Gasteiger partial charge in [0, 0.05) is 12.5 Å². The summed E-state index contributed by atoms with van der Waals surface area (Å²) in [6, 6.07) is 0. The van der Waals surface area contributed by atoms with Gasteiger partial charge in [-0.1, -0.05) is 13.5 Å². The molecule has 0 aliphatic heterocycles. The van der Waals surface area contributed by atoms with Crippen molar-refractivity contribution in [2.24, 2.45) is 0 Å². The zero-order valence-corrected chi connectivity index (χ0v) is 7.37. The van der Waals surface area contributed by atoms with Crippen molar-refractivity contribution in [3.63, 3.8) is 0 Å². The number of ether oxygens (including phenoxy) is 1. The van der Waals surface area contributed by atoms with E-state index in [9.17, 15) is 9.00 Å². The van der Waals surface area contributed by atoms with E-state index in [1.165, 1.54) is 0 Å². The second-order valence-electron chi connectivity index (χ2n) is 1.79. The van der Waals surface area contributed by atoms with E-state index in [0.29, 0.717) is 6.42 Å². The van der Waals surface area contributed by atoms with Crippen LogP contribution in [0.5, 0.6) is 0 Å². The third-order valence-electron chi connectivity index (χ3n) is 0.937. The van der Waals surface area contributed by atoms with Gasteiger partial charge in [0.15, 0.2) is 0 Å². The SMILES string of the molecule is C=CC(=O)OC(CC)OS(=O)O. The van der Waals surface area contributed by atoms with Gasteiger partial charge in [0.05, 0.1) is 0 Å². The molecule has 0 aromatic carbocycles. The number of rotatable bonds is 5. The summed E-state index contributed by atoms with van der Waals surface area (Å²) in [6.07, 6.45) is 0.249. The van der Waals surface area contributed by atoms with Crippen LogP contribution in [0.3, 0.4) is 0 Å². The second-order valence-corrected chi connectivity index (χ2v) is 2.42. The van der Waals surface area contributed by atoms with E-state index in [0.717, 1.165) is 6.08 Å². The molecule has 1 N–H and O–H groups in total. The molecule has 0 amide bonds. The minimum Gasteiger partial charge on any atom is -0.431 e. The zero-order valence-electron chi connectivity index (χ0n) is 6.56. The fraction of sp³-hybridized carbons (Fsp3) is 0.500. The Hall–Kier alpha value is -0.720. The number of carbonyl (C=O) groups is 1. The number of esters is 1. The van der Waals surface area contributed by atoms with Crippen LogP contribution in [0.25, 0.3) is 0 Å². The highest BCUT2D eigenvalue weighted by molar-refractivity contribution is 7.74. The second kappa shape index (κ2) is 5.87. The Labute approximate surface area is 72.8 Å². The average Bonchev–Trinajstić information content (AvgIpc) is 2.02. The molecule has 70 valence electrons. The van der Waals surface area contributed by atoms with Crippen molar-refractivity contribution < 1.29 is 22.5 Å². The Bertz CT molecular complexity index is 190. The van der Waals surface area contributed by atoms with E-state index in [2.05, 4.69) is 15.5 Å². The molecule has 0 bridgehead atoms. The van der Waals surface area contributed by atoms with Crippen LogP contribution in [0.2, 0.25) is 0 Å². The summed E-state index contributed by atoms with van der Waals surface area (Å²) in [6.45, 7) is 4.81. The quantitative estimate of drug-likeness (QED) is 0.300. The molecule has 0 aromatic heterocycles. The minimum atomic E-state index is -2.43. The van der Waals surface area contributed by atoms with E-state index in [1.807, 2.05) is 0 Å². The molecular formula is C6H10O5S. The Morgan fingerprint density at radius 3 is 2.75 bits per heavy atom. The Kier molecular flexibility index (Phi) is 5.52. The van der Waals surface area contributed by atoms with Crippen LogP contribution in [0, 0.1) is 0 Å². The van der Waals surface area contributed by atoms with Gasteiger partial charge in [-0.25, -0.2) is 8.98 Å². The maximum Gasteiger partial charge on any atom is 0.332 e. The molecule has 0 saturated heterocycles. The lowest BCUT2D eigenvalue weighted by Crippen LogP contribution is -2.20. The van der Waals surface area contributed by atoms with Gasteiger partial charge in [0.1, 0.15) is 0 Å². The van der Waals surface area contributed by atoms with Crippen LogP contribution >= 0.6 is 0 Å². The van der Waals surface area contributed by atoms with E-state index in [-0.39, 0.29) is 0 Å². The highest BCUT2D eigenvalue weighted by atomic mass is 32.2. The molecule has 2 atom stereocenters. The summed E-state index contributed by atoms with van der Waals surface area (Å²) in [5.74, 6) is -0.688. The fourth-order valence-electron chi connectivity index (χ4n) is 0.440. The maximum atomic E-state index is 10.6. The minimum absolute atomic E-state index is 0.298. The summed E-state index contributed by atoms with van der Waals surface area (Å²) >= 11 is -2.43. The van der Waals surface area contributed by atoms with Crippen LogP contribution in [0.4, 0.5) is 0 Å². The lowest BCUT2D eigenvalue weighted by Gasteiger charge is -2.11. The molecule has 12 heavy (non-hydrogen) atoms. The average molecular weight is 194 g/mol. The van der Waals surface area contributed by atoms with E-state index in [1.54, 1.807) is 6.92 Å². The van der Waals surface area contributed by atoms with Crippen LogP contribution < -0.4 is 0 Å². The highest BCUT2D eigenvalue weighted by Crippen LogP contribution is 2.02. The van der Waals surface area contributed by atoms with Gasteiger partial charge < -0.3 is 4.74 Å². The standard InChI is InChI=1S/C6H10O5S/c1-3-5(7)10-6(4-2)11-12(8)9/h3,6H,1,4H2,2H3,(H,8,9). The monoisotopic (exact) mass is 194 g/mol. The fourth-order valence-corrected chi connectivity index (χ4v) is 0.799. The van der Waals surface area contributed by atoms with Gasteiger partial charge in [-0.3, -0.25) is 4.55 Å². The van der Waals surface area contributed by atoms with Crippen LogP contribution in [-0.4, -0.2) is 21.0 Å². The number of hydrogen-bond donors (Lipinski definition) is 1. The molecular weight excluding hydrogens is 184 g/mol. The van der Waals surface area contributed by atoms with Gasteiger partial charge in [-0.15, -0.1) is 0 Å². The lowest BCUT2D eigenvalue weighted by atomic mass is 10.5. The van der Waals surface area contributed by atoms with Crippen molar-refractivity contribution in [2.45, 2.75) is 19.6 Å². The molecule has 0 rings (SSSR count). The molecule has 0 aliphatic carbocycles. The first kappa shape index (κ1) is 11.3. The normalized spacial score (nSPS) is 14.8. The summed E-state index contributed by atoms with van der Waals surface area (Å²) in [5.41, 5.74) is 0. The van der Waals surface area contributed by atoms with Crippen molar-refractivity contribution in [1.82, 2.24) is 0 Å². The highest BCUT2D eigenvalue weighted by Gasteiger charge is 2.13. The lowest BCUT2D eigenvalue weighted by molar-refractivity contribution is -0.157. The van der Waals surface area contributed by atoms with Crippen molar-refractivity contribution in [3.8, 4) is 0 Å². The van der Waals surface area contributed by atoms with Gasteiger partial charge in [-0.2, -0.15) is 4.21 Å². The van der Waals surface area contributed by atoms with Crippen molar-refractivity contribution >= 4 is 17.3 Å². The van der Waals surface area contributed by atoms with E-state index >= 15 is 0 Å². The molecule has 0 radical (unpaired) electrons. The van der Waals surface area contributed by atoms with E-state index < -0.39 is 23.6 Å².